The SMILES string of the molecule is Cc1nc2ncnn2c(C)c1CCC(=O)NCC(CC(C)C)C(=O)O. The van der Waals surface area contributed by atoms with Gasteiger partial charge in [0.2, 0.25) is 5.91 Å². The second-order valence-corrected chi connectivity index (χ2v) is 6.70. The molecule has 2 N–H and O–H groups in total. The number of fused-ring (bicyclic) bond motifs is 1. The van der Waals surface area contributed by atoms with E-state index in [0.29, 0.717) is 18.6 Å². The van der Waals surface area contributed by atoms with E-state index in [0.717, 1.165) is 17.0 Å². The molecule has 136 valence electrons. The van der Waals surface area contributed by atoms with Crippen molar-refractivity contribution in [2.45, 2.75) is 47.0 Å². The first-order valence-electron chi connectivity index (χ1n) is 8.45. The van der Waals surface area contributed by atoms with Crippen LogP contribution in [0.3, 0.4) is 0 Å². The van der Waals surface area contributed by atoms with Gasteiger partial charge in [-0.05, 0) is 38.2 Å². The molecule has 0 aliphatic carbocycles. The van der Waals surface area contributed by atoms with Gasteiger partial charge in [0.25, 0.3) is 5.78 Å². The van der Waals surface area contributed by atoms with Crippen molar-refractivity contribution in [2.24, 2.45) is 11.8 Å². The largest absolute Gasteiger partial charge is 0.481 e. The van der Waals surface area contributed by atoms with E-state index in [1.807, 2.05) is 27.7 Å². The topological polar surface area (TPSA) is 109 Å². The minimum absolute atomic E-state index is 0.157. The molecule has 2 aromatic heterocycles. The van der Waals surface area contributed by atoms with Crippen molar-refractivity contribution in [3.63, 3.8) is 0 Å². The molecule has 0 bridgehead atoms. The molecule has 0 radical (unpaired) electrons. The van der Waals surface area contributed by atoms with E-state index in [1.165, 1.54) is 6.33 Å². The van der Waals surface area contributed by atoms with Crippen LogP contribution in [0.4, 0.5) is 0 Å². The van der Waals surface area contributed by atoms with Crippen molar-refractivity contribution < 1.29 is 14.7 Å². The fraction of sp³-hybridized carbons (Fsp3) is 0.588. The molecule has 0 aliphatic rings. The predicted molar refractivity (Wildman–Crippen MR) is 92.2 cm³/mol. The zero-order valence-corrected chi connectivity index (χ0v) is 15.1. The number of aryl methyl sites for hydroxylation is 2. The van der Waals surface area contributed by atoms with Crippen LogP contribution in [-0.2, 0) is 16.0 Å². The molecule has 0 aromatic carbocycles. The smallest absolute Gasteiger partial charge is 0.308 e. The third kappa shape index (κ3) is 4.74. The first kappa shape index (κ1) is 18.8. The Kier molecular flexibility index (Phi) is 6.06. The standard InChI is InChI=1S/C17H25N5O3/c1-10(2)7-13(16(24)25)8-18-15(23)6-5-14-11(3)21-17-19-9-20-22(17)12(14)4/h9-10,13H,5-8H2,1-4H3,(H,18,23)(H,24,25). The number of hydrogen-bond donors (Lipinski definition) is 2. The van der Waals surface area contributed by atoms with Gasteiger partial charge in [0, 0.05) is 24.4 Å². The Bertz CT molecular complexity index is 769. The molecule has 8 heteroatoms. The van der Waals surface area contributed by atoms with Crippen LogP contribution in [-0.4, -0.2) is 43.1 Å². The molecule has 1 atom stereocenters. The van der Waals surface area contributed by atoms with Gasteiger partial charge in [0.15, 0.2) is 0 Å². The van der Waals surface area contributed by atoms with Crippen molar-refractivity contribution in [1.82, 2.24) is 24.9 Å². The zero-order chi connectivity index (χ0) is 18.6. The molecule has 0 spiro atoms. The van der Waals surface area contributed by atoms with E-state index >= 15 is 0 Å². The summed E-state index contributed by atoms with van der Waals surface area (Å²) in [7, 11) is 0. The Morgan fingerprint density at radius 1 is 1.32 bits per heavy atom. The highest BCUT2D eigenvalue weighted by molar-refractivity contribution is 5.77. The first-order valence-corrected chi connectivity index (χ1v) is 8.45. The van der Waals surface area contributed by atoms with Crippen molar-refractivity contribution in [3.05, 3.63) is 23.3 Å². The lowest BCUT2D eigenvalue weighted by molar-refractivity contribution is -0.142. The molecule has 1 amide bonds. The maximum Gasteiger partial charge on any atom is 0.308 e. The maximum atomic E-state index is 12.1. The van der Waals surface area contributed by atoms with Gasteiger partial charge in [0.05, 0.1) is 5.92 Å². The van der Waals surface area contributed by atoms with Crippen LogP contribution < -0.4 is 5.32 Å². The van der Waals surface area contributed by atoms with Crippen LogP contribution >= 0.6 is 0 Å². The molecular weight excluding hydrogens is 322 g/mol. The Hall–Kier alpha value is -2.51. The lowest BCUT2D eigenvalue weighted by Gasteiger charge is -2.15. The van der Waals surface area contributed by atoms with Crippen LogP contribution in [0.15, 0.2) is 6.33 Å². The van der Waals surface area contributed by atoms with Gasteiger partial charge in [-0.15, -0.1) is 0 Å². The van der Waals surface area contributed by atoms with Crippen molar-refractivity contribution in [1.29, 1.82) is 0 Å². The number of rotatable bonds is 8. The Morgan fingerprint density at radius 3 is 2.68 bits per heavy atom. The lowest BCUT2D eigenvalue weighted by atomic mass is 9.97. The molecule has 0 saturated carbocycles. The molecule has 2 heterocycles. The van der Waals surface area contributed by atoms with Crippen molar-refractivity contribution in [3.8, 4) is 0 Å². The van der Waals surface area contributed by atoms with Gasteiger partial charge in [0.1, 0.15) is 6.33 Å². The molecule has 1 unspecified atom stereocenters. The van der Waals surface area contributed by atoms with Gasteiger partial charge >= 0.3 is 5.97 Å². The molecule has 0 fully saturated rings. The number of carbonyl (C=O) groups excluding carboxylic acids is 1. The average Bonchev–Trinajstić information content (AvgIpc) is 2.98. The summed E-state index contributed by atoms with van der Waals surface area (Å²) in [5.41, 5.74) is 2.70. The minimum atomic E-state index is -0.874. The molecule has 0 aliphatic heterocycles. The zero-order valence-electron chi connectivity index (χ0n) is 15.1. The van der Waals surface area contributed by atoms with Gasteiger partial charge in [-0.2, -0.15) is 10.1 Å². The predicted octanol–water partition coefficient (Wildman–Crippen LogP) is 1.54. The normalized spacial score (nSPS) is 12.5. The Labute approximate surface area is 146 Å². The molecule has 25 heavy (non-hydrogen) atoms. The highest BCUT2D eigenvalue weighted by Crippen LogP contribution is 2.15. The van der Waals surface area contributed by atoms with Gasteiger partial charge in [-0.25, -0.2) is 9.50 Å². The number of aliphatic carboxylic acids is 1. The average molecular weight is 347 g/mol. The van der Waals surface area contributed by atoms with E-state index in [-0.39, 0.29) is 24.8 Å². The number of aromatic nitrogens is 4. The number of carboxylic acids is 1. The number of hydrogen-bond acceptors (Lipinski definition) is 5. The summed E-state index contributed by atoms with van der Waals surface area (Å²) in [6.07, 6.45) is 2.79. The van der Waals surface area contributed by atoms with Crippen LogP contribution in [0.1, 0.15) is 43.6 Å². The van der Waals surface area contributed by atoms with Crippen molar-refractivity contribution >= 4 is 17.7 Å². The summed E-state index contributed by atoms with van der Waals surface area (Å²) in [4.78, 5) is 31.8. The van der Waals surface area contributed by atoms with Gasteiger partial charge in [-0.1, -0.05) is 13.8 Å². The number of carbonyl (C=O) groups is 2. The maximum absolute atomic E-state index is 12.1. The molecule has 8 nitrogen and oxygen atoms in total. The summed E-state index contributed by atoms with van der Waals surface area (Å²) in [6.45, 7) is 7.91. The fourth-order valence-electron chi connectivity index (χ4n) is 2.92. The summed E-state index contributed by atoms with van der Waals surface area (Å²) < 4.78 is 1.66. The van der Waals surface area contributed by atoms with E-state index in [9.17, 15) is 14.7 Å². The number of amides is 1. The van der Waals surface area contributed by atoms with E-state index in [4.69, 9.17) is 0 Å². The molecule has 2 aromatic rings. The van der Waals surface area contributed by atoms with Crippen LogP contribution in [0, 0.1) is 25.7 Å². The summed E-state index contributed by atoms with van der Waals surface area (Å²) in [6, 6.07) is 0. The van der Waals surface area contributed by atoms with Crippen LogP contribution in [0.5, 0.6) is 0 Å². The second-order valence-electron chi connectivity index (χ2n) is 6.70. The van der Waals surface area contributed by atoms with Crippen LogP contribution in [0.2, 0.25) is 0 Å². The quantitative estimate of drug-likeness (QED) is 0.749. The first-order chi connectivity index (χ1) is 11.8. The second kappa shape index (κ2) is 8.04. The highest BCUT2D eigenvalue weighted by atomic mass is 16.4. The van der Waals surface area contributed by atoms with E-state index < -0.39 is 11.9 Å². The lowest BCUT2D eigenvalue weighted by Crippen LogP contribution is -2.33. The summed E-state index contributed by atoms with van der Waals surface area (Å²) in [5, 5.41) is 16.1. The summed E-state index contributed by atoms with van der Waals surface area (Å²) >= 11 is 0. The third-order valence-electron chi connectivity index (χ3n) is 4.24. The van der Waals surface area contributed by atoms with Gasteiger partial charge in [-0.3, -0.25) is 9.59 Å². The summed E-state index contributed by atoms with van der Waals surface area (Å²) in [5.74, 6) is -0.778. The number of nitrogens with zero attached hydrogens (tertiary/aromatic N) is 4. The Morgan fingerprint density at radius 2 is 2.04 bits per heavy atom. The van der Waals surface area contributed by atoms with Crippen LogP contribution in [0.25, 0.3) is 5.78 Å². The van der Waals surface area contributed by atoms with Gasteiger partial charge < -0.3 is 10.4 Å². The molecular formula is C17H25N5O3. The highest BCUT2D eigenvalue weighted by Gasteiger charge is 2.20. The fourth-order valence-corrected chi connectivity index (χ4v) is 2.92. The number of carboxylic acid groups (broad SMARTS) is 1. The van der Waals surface area contributed by atoms with Crippen molar-refractivity contribution in [2.75, 3.05) is 6.54 Å². The minimum Gasteiger partial charge on any atom is -0.481 e. The van der Waals surface area contributed by atoms with E-state index in [2.05, 4.69) is 20.4 Å². The molecule has 0 saturated heterocycles. The monoisotopic (exact) mass is 347 g/mol. The van der Waals surface area contributed by atoms with E-state index in [1.54, 1.807) is 4.52 Å². The molecule has 2 rings (SSSR count). The third-order valence-corrected chi connectivity index (χ3v) is 4.24. The number of nitrogens with one attached hydrogen (secondary N) is 1. The Balaban J connectivity index is 1.95.